The largest absolute Gasteiger partial charge is 0.309 e. The van der Waals surface area contributed by atoms with E-state index in [4.69, 9.17) is 9.97 Å². The first-order valence-electron chi connectivity index (χ1n) is 20.8. The minimum atomic E-state index is -0.0417. The number of nitrogens with zero attached hydrogens (tertiary/aromatic N) is 4. The Morgan fingerprint density at radius 1 is 0.356 bits per heavy atom. The second-order valence-electron chi connectivity index (χ2n) is 17.9. The van der Waals surface area contributed by atoms with E-state index in [0.29, 0.717) is 5.82 Å². The number of fused-ring (bicyclic) bond motifs is 7. The van der Waals surface area contributed by atoms with Gasteiger partial charge in [-0.3, -0.25) is 0 Å². The average Bonchev–Trinajstić information content (AvgIpc) is 3.81. The van der Waals surface area contributed by atoms with Crippen LogP contribution in [-0.4, -0.2) is 19.1 Å². The number of para-hydroxylation sites is 3. The van der Waals surface area contributed by atoms with Crippen molar-refractivity contribution in [2.45, 2.75) is 52.4 Å². The third-order valence-electron chi connectivity index (χ3n) is 14.4. The monoisotopic (exact) mass is 762 g/mol. The van der Waals surface area contributed by atoms with Crippen molar-refractivity contribution < 1.29 is 0 Å². The molecule has 0 aliphatic heterocycles. The molecule has 4 nitrogen and oxygen atoms in total. The number of benzene rings is 7. The molecule has 11 rings (SSSR count). The molecule has 0 amide bonds. The molecule has 0 spiro atoms. The van der Waals surface area contributed by atoms with E-state index >= 15 is 0 Å². The molecule has 0 atom stereocenters. The maximum Gasteiger partial charge on any atom is 0.160 e. The van der Waals surface area contributed by atoms with E-state index in [1.165, 1.54) is 54.7 Å². The zero-order chi connectivity index (χ0) is 40.3. The minimum absolute atomic E-state index is 0.00716. The molecule has 0 saturated carbocycles. The molecule has 59 heavy (non-hydrogen) atoms. The highest BCUT2D eigenvalue weighted by atomic mass is 15.0. The van der Waals surface area contributed by atoms with Crippen LogP contribution in [0.1, 0.15) is 52.7 Å². The first-order chi connectivity index (χ1) is 28.5. The number of hydrogen-bond acceptors (Lipinski definition) is 2. The summed E-state index contributed by atoms with van der Waals surface area (Å²) in [7, 11) is 0. The van der Waals surface area contributed by atoms with Crippen molar-refractivity contribution in [2.24, 2.45) is 5.41 Å². The predicted octanol–water partition coefficient (Wildman–Crippen LogP) is 14.3. The average molecular weight is 763 g/mol. The molecule has 3 heterocycles. The Balaban J connectivity index is 1.25. The molecule has 0 fully saturated rings. The van der Waals surface area contributed by atoms with E-state index in [1.54, 1.807) is 0 Å². The van der Waals surface area contributed by atoms with E-state index in [2.05, 4.69) is 214 Å². The van der Waals surface area contributed by atoms with E-state index in [-0.39, 0.29) is 16.2 Å². The van der Waals surface area contributed by atoms with Gasteiger partial charge in [0.05, 0.1) is 33.5 Å². The van der Waals surface area contributed by atoms with Crippen molar-refractivity contribution >= 4 is 43.6 Å². The van der Waals surface area contributed by atoms with Gasteiger partial charge in [0.15, 0.2) is 5.82 Å². The summed E-state index contributed by atoms with van der Waals surface area (Å²) < 4.78 is 4.92. The van der Waals surface area contributed by atoms with Gasteiger partial charge in [-0.1, -0.05) is 157 Å². The highest BCUT2D eigenvalue weighted by Crippen LogP contribution is 2.62. The quantitative estimate of drug-likeness (QED) is 0.175. The number of aromatic nitrogens is 4. The summed E-state index contributed by atoms with van der Waals surface area (Å²) in [5, 5.41) is 5.00. The summed E-state index contributed by atoms with van der Waals surface area (Å²) in [6.45, 7) is 14.6. The van der Waals surface area contributed by atoms with Gasteiger partial charge in [0.1, 0.15) is 0 Å². The van der Waals surface area contributed by atoms with E-state index in [9.17, 15) is 0 Å². The van der Waals surface area contributed by atoms with E-state index < -0.39 is 0 Å². The van der Waals surface area contributed by atoms with Gasteiger partial charge in [0.25, 0.3) is 0 Å². The molecule has 7 aromatic carbocycles. The molecule has 1 aliphatic rings. The van der Waals surface area contributed by atoms with Crippen LogP contribution in [0.15, 0.2) is 170 Å². The summed E-state index contributed by atoms with van der Waals surface area (Å²) >= 11 is 0. The van der Waals surface area contributed by atoms with Crippen molar-refractivity contribution in [1.82, 2.24) is 19.1 Å². The normalized spacial score (nSPS) is 15.4. The standard InChI is InChI=1S/C55H46N4/c1-53(2)44-32-43-42-25-15-18-28-50(42)59(51(43)33-45(44)54(3,4)55(53,5)6)39-30-37(29-38(31-39)58-48-26-16-13-23-40(48)41-24-14-17-27-49(41)58)47-34-46(35-19-9-7-10-20-35)56-52(57-47)36-21-11-8-12-22-36/h7-34H,1-6H3. The lowest BCUT2D eigenvalue weighted by Gasteiger charge is -2.44. The minimum Gasteiger partial charge on any atom is -0.309 e. The summed E-state index contributed by atoms with van der Waals surface area (Å²) in [6.07, 6.45) is 0. The van der Waals surface area contributed by atoms with Crippen LogP contribution in [0.2, 0.25) is 0 Å². The highest BCUT2D eigenvalue weighted by molar-refractivity contribution is 6.11. The van der Waals surface area contributed by atoms with Gasteiger partial charge in [0, 0.05) is 49.6 Å². The molecule has 0 N–H and O–H groups in total. The lowest BCUT2D eigenvalue weighted by molar-refractivity contribution is 0.125. The van der Waals surface area contributed by atoms with Crippen molar-refractivity contribution in [3.63, 3.8) is 0 Å². The maximum atomic E-state index is 5.36. The summed E-state index contributed by atoms with van der Waals surface area (Å²) in [5.41, 5.74) is 14.6. The van der Waals surface area contributed by atoms with Crippen LogP contribution in [0.4, 0.5) is 0 Å². The van der Waals surface area contributed by atoms with Crippen molar-refractivity contribution in [1.29, 1.82) is 0 Å². The Kier molecular flexibility index (Phi) is 7.56. The van der Waals surface area contributed by atoms with Gasteiger partial charge in [-0.15, -0.1) is 0 Å². The number of rotatable bonds is 5. The highest BCUT2D eigenvalue weighted by Gasteiger charge is 2.57. The second kappa shape index (κ2) is 12.6. The van der Waals surface area contributed by atoms with Crippen LogP contribution in [-0.2, 0) is 10.8 Å². The van der Waals surface area contributed by atoms with E-state index in [1.807, 2.05) is 6.07 Å². The molecule has 0 radical (unpaired) electrons. The van der Waals surface area contributed by atoms with Crippen LogP contribution in [0.5, 0.6) is 0 Å². The molecule has 4 heteroatoms. The first-order valence-corrected chi connectivity index (χ1v) is 20.8. The van der Waals surface area contributed by atoms with Gasteiger partial charge < -0.3 is 9.13 Å². The van der Waals surface area contributed by atoms with Crippen LogP contribution < -0.4 is 0 Å². The summed E-state index contributed by atoms with van der Waals surface area (Å²) in [6, 6.07) is 61.4. The van der Waals surface area contributed by atoms with E-state index in [0.717, 1.165) is 39.5 Å². The second-order valence-corrected chi connectivity index (χ2v) is 17.9. The molecule has 286 valence electrons. The lowest BCUT2D eigenvalue weighted by Crippen LogP contribution is -2.42. The Bertz CT molecular complexity index is 3180. The van der Waals surface area contributed by atoms with Crippen molar-refractivity contribution in [3.05, 3.63) is 181 Å². The fourth-order valence-corrected chi connectivity index (χ4v) is 10.1. The Labute approximate surface area is 345 Å². The Hall–Kier alpha value is -6.78. The topological polar surface area (TPSA) is 35.6 Å². The first kappa shape index (κ1) is 35.4. The molecule has 0 bridgehead atoms. The van der Waals surface area contributed by atoms with Crippen LogP contribution in [0, 0.1) is 5.41 Å². The van der Waals surface area contributed by atoms with Gasteiger partial charge >= 0.3 is 0 Å². The SMILES string of the molecule is CC1(C)c2cc3c4ccccc4n(-c4cc(-c5cc(-c6ccccc6)nc(-c6ccccc6)n5)cc(-n5c6ccccc6c6ccccc65)c4)c3cc2C(C)(C)C1(C)C. The third-order valence-corrected chi connectivity index (χ3v) is 14.4. The van der Waals surface area contributed by atoms with Gasteiger partial charge in [-0.05, 0) is 82.0 Å². The molecule has 3 aromatic heterocycles. The van der Waals surface area contributed by atoms with Crippen LogP contribution in [0.3, 0.4) is 0 Å². The smallest absolute Gasteiger partial charge is 0.160 e. The van der Waals surface area contributed by atoms with Gasteiger partial charge in [0.2, 0.25) is 0 Å². The van der Waals surface area contributed by atoms with Crippen LogP contribution in [0.25, 0.3) is 88.9 Å². The van der Waals surface area contributed by atoms with Gasteiger partial charge in [-0.25, -0.2) is 9.97 Å². The predicted molar refractivity (Wildman–Crippen MR) is 247 cm³/mol. The molecular weight excluding hydrogens is 717 g/mol. The van der Waals surface area contributed by atoms with Crippen molar-refractivity contribution in [3.8, 4) is 45.3 Å². The Morgan fingerprint density at radius 3 is 1.32 bits per heavy atom. The van der Waals surface area contributed by atoms with Crippen molar-refractivity contribution in [2.75, 3.05) is 0 Å². The zero-order valence-electron chi connectivity index (χ0n) is 34.5. The maximum absolute atomic E-state index is 5.36. The molecular formula is C55H46N4. The third kappa shape index (κ3) is 5.08. The van der Waals surface area contributed by atoms with Gasteiger partial charge in [-0.2, -0.15) is 0 Å². The summed E-state index contributed by atoms with van der Waals surface area (Å²) in [5.74, 6) is 0.700. The lowest BCUT2D eigenvalue weighted by atomic mass is 9.59. The summed E-state index contributed by atoms with van der Waals surface area (Å²) in [4.78, 5) is 10.5. The Morgan fingerprint density at radius 2 is 0.780 bits per heavy atom. The number of hydrogen-bond donors (Lipinski definition) is 0. The fourth-order valence-electron chi connectivity index (χ4n) is 10.1. The van der Waals surface area contributed by atoms with Crippen LogP contribution >= 0.6 is 0 Å². The molecule has 0 unspecified atom stereocenters. The molecule has 1 aliphatic carbocycles. The molecule has 0 saturated heterocycles. The fraction of sp³-hybridized carbons (Fsp3) is 0.164. The zero-order valence-corrected chi connectivity index (χ0v) is 34.5. The molecule has 10 aromatic rings.